The zero-order valence-electron chi connectivity index (χ0n) is 7.53. The van der Waals surface area contributed by atoms with Crippen LogP contribution in [0.3, 0.4) is 0 Å². The van der Waals surface area contributed by atoms with Crippen molar-refractivity contribution < 1.29 is 27.2 Å². The van der Waals surface area contributed by atoms with Crippen molar-refractivity contribution in [2.45, 2.75) is 0 Å². The van der Waals surface area contributed by atoms with Crippen molar-refractivity contribution in [3.8, 4) is 0 Å². The fourth-order valence-corrected chi connectivity index (χ4v) is 0.249. The van der Waals surface area contributed by atoms with E-state index in [-0.39, 0.29) is 12.4 Å². The maximum atomic E-state index is 9.59. The largest absolute Gasteiger partial charge is 1.00 e. The summed E-state index contributed by atoms with van der Waals surface area (Å²) in [5.74, 6) is 0.326. The van der Waals surface area contributed by atoms with E-state index in [0.717, 1.165) is 0 Å². The highest BCUT2D eigenvalue weighted by molar-refractivity contribution is 6.18. The third kappa shape index (κ3) is 52.5. The average molecular weight is 219 g/mol. The van der Waals surface area contributed by atoms with E-state index < -0.39 is 6.09 Å². The van der Waals surface area contributed by atoms with Crippen LogP contribution in [0.1, 0.15) is 0 Å². The monoisotopic (exact) mass is 218 g/mol. The second-order valence-electron chi connectivity index (χ2n) is 2.42. The van der Waals surface area contributed by atoms with Gasteiger partial charge in [-0.15, -0.1) is 11.6 Å². The Morgan fingerprint density at radius 2 is 1.83 bits per heavy atom. The molecule has 76 valence electrons. The normalized spacial score (nSPS) is 7.75. The Morgan fingerprint density at radius 3 is 1.92 bits per heavy atom. The molecule has 0 aliphatic rings. The fourth-order valence-electron chi connectivity index (χ4n) is 0.154. The highest BCUT2D eigenvalue weighted by Crippen LogP contribution is 1.68. The van der Waals surface area contributed by atoms with Gasteiger partial charge in [-0.1, -0.05) is 0 Å². The first-order valence-corrected chi connectivity index (χ1v) is 3.83. The lowest BCUT2D eigenvalue weighted by Crippen LogP contribution is -3.02. The Hall–Kier alpha value is -0.190. The molecule has 0 saturated heterocycles. The van der Waals surface area contributed by atoms with Crippen LogP contribution < -0.4 is 22.6 Å². The molecule has 0 radical (unpaired) electrons. The first-order chi connectivity index (χ1) is 5.00. The van der Waals surface area contributed by atoms with Gasteiger partial charge in [0.1, 0.15) is 0 Å². The van der Waals surface area contributed by atoms with Crippen molar-refractivity contribution >= 4 is 17.7 Å². The fraction of sp³-hybridized carbons (Fsp3) is 0.833. The molecule has 6 heteroatoms. The van der Waals surface area contributed by atoms with Crippen molar-refractivity contribution in [2.24, 2.45) is 0 Å². The molecule has 0 spiro atoms. The Labute approximate surface area is 84.3 Å². The van der Waals surface area contributed by atoms with Crippen molar-refractivity contribution in [3.63, 3.8) is 0 Å². The van der Waals surface area contributed by atoms with Crippen LogP contribution in [-0.2, 0) is 0 Å². The van der Waals surface area contributed by atoms with E-state index in [9.17, 15) is 4.79 Å². The minimum atomic E-state index is -1.03. The molecule has 0 aromatic carbocycles. The van der Waals surface area contributed by atoms with Crippen LogP contribution in [0.2, 0.25) is 0 Å². The molecule has 0 aliphatic carbocycles. The van der Waals surface area contributed by atoms with Gasteiger partial charge in [-0.2, -0.15) is 0 Å². The molecule has 3 N–H and O–H groups in total. The van der Waals surface area contributed by atoms with Gasteiger partial charge in [-0.25, -0.2) is 4.79 Å². The molecule has 0 bridgehead atoms. The first kappa shape index (κ1) is 17.8. The summed E-state index contributed by atoms with van der Waals surface area (Å²) in [5, 5.41) is 9.95. The van der Waals surface area contributed by atoms with Crippen molar-refractivity contribution in [1.82, 2.24) is 5.32 Å². The van der Waals surface area contributed by atoms with E-state index in [0.29, 0.717) is 12.4 Å². The summed E-state index contributed by atoms with van der Waals surface area (Å²) in [6.45, 7) is 0.316. The Bertz CT molecular complexity index is 98.8. The number of halogens is 2. The molecule has 0 rings (SSSR count). The molecule has 0 aromatic heterocycles. The van der Waals surface area contributed by atoms with Gasteiger partial charge in [0.25, 0.3) is 0 Å². The predicted octanol–water partition coefficient (Wildman–Crippen LogP) is -3.74. The number of hydrogen-bond donors (Lipinski definition) is 3. The van der Waals surface area contributed by atoms with Gasteiger partial charge < -0.3 is 27.7 Å². The highest BCUT2D eigenvalue weighted by Gasteiger charge is 1.87. The van der Waals surface area contributed by atoms with Crippen molar-refractivity contribution in [3.05, 3.63) is 0 Å². The molecule has 0 aromatic rings. The summed E-state index contributed by atoms with van der Waals surface area (Å²) in [6.07, 6.45) is -1.03. The lowest BCUT2D eigenvalue weighted by atomic mass is 10.7. The van der Waals surface area contributed by atoms with E-state index in [4.69, 9.17) is 16.7 Å². The summed E-state index contributed by atoms with van der Waals surface area (Å²) in [6, 6.07) is 0. The van der Waals surface area contributed by atoms with Crippen LogP contribution in [0.4, 0.5) is 4.79 Å². The van der Waals surface area contributed by atoms with Gasteiger partial charge in [0, 0.05) is 12.4 Å². The number of carboxylic acid groups (broad SMARTS) is 1. The average Bonchev–Trinajstić information content (AvgIpc) is 1.82. The number of hydrogen-bond acceptors (Lipinski definition) is 1. The van der Waals surface area contributed by atoms with E-state index in [1.165, 1.54) is 4.90 Å². The van der Waals surface area contributed by atoms with E-state index in [1.807, 2.05) is 0 Å². The molecule has 1 amide bonds. The molecule has 4 nitrogen and oxygen atoms in total. The molecule has 0 fully saturated rings. The standard InChI is InChI=1S/C3H6ClNO2.C3H9N.ClH/c4-1-2-5-3(6)7;1-4(2)3;/h5H,1-2H2,(H,6,7);1-3H3;1H. The lowest BCUT2D eigenvalue weighted by Gasteiger charge is -1.90. The van der Waals surface area contributed by atoms with Gasteiger partial charge >= 0.3 is 6.09 Å². The quantitative estimate of drug-likeness (QED) is 0.418. The molecular weight excluding hydrogens is 203 g/mol. The zero-order chi connectivity index (χ0) is 9.28. The second kappa shape index (κ2) is 13.4. The highest BCUT2D eigenvalue weighted by atomic mass is 35.5. The molecule has 0 unspecified atom stereocenters. The summed E-state index contributed by atoms with van der Waals surface area (Å²) in [4.78, 5) is 11.0. The molecule has 0 heterocycles. The summed E-state index contributed by atoms with van der Waals surface area (Å²) in [5.41, 5.74) is 0. The second-order valence-corrected chi connectivity index (χ2v) is 2.80. The van der Waals surface area contributed by atoms with Gasteiger partial charge in [0.05, 0.1) is 21.1 Å². The van der Waals surface area contributed by atoms with E-state index in [2.05, 4.69) is 26.5 Å². The number of rotatable bonds is 2. The van der Waals surface area contributed by atoms with Crippen molar-refractivity contribution in [2.75, 3.05) is 33.6 Å². The van der Waals surface area contributed by atoms with Gasteiger partial charge in [0.2, 0.25) is 0 Å². The summed E-state index contributed by atoms with van der Waals surface area (Å²) < 4.78 is 0. The van der Waals surface area contributed by atoms with Crippen LogP contribution in [0, 0.1) is 0 Å². The lowest BCUT2D eigenvalue weighted by molar-refractivity contribution is -0.836. The van der Waals surface area contributed by atoms with E-state index >= 15 is 0 Å². The third-order valence-corrected chi connectivity index (χ3v) is 0.560. The van der Waals surface area contributed by atoms with E-state index in [1.54, 1.807) is 0 Å². The number of alkyl halides is 1. The van der Waals surface area contributed by atoms with Crippen LogP contribution >= 0.6 is 11.6 Å². The van der Waals surface area contributed by atoms with Crippen LogP contribution in [0.15, 0.2) is 0 Å². The Kier molecular flexibility index (Phi) is 19.9. The maximum Gasteiger partial charge on any atom is 0.404 e. The maximum absolute atomic E-state index is 9.59. The van der Waals surface area contributed by atoms with Crippen molar-refractivity contribution in [1.29, 1.82) is 0 Å². The van der Waals surface area contributed by atoms with Gasteiger partial charge in [0.15, 0.2) is 0 Å². The van der Waals surface area contributed by atoms with Crippen LogP contribution in [0.25, 0.3) is 0 Å². The third-order valence-electron chi connectivity index (χ3n) is 0.371. The number of amides is 1. The molecule has 12 heavy (non-hydrogen) atoms. The SMILES string of the molecule is C[NH+](C)C.O=C(O)NCCCl.[Cl-]. The number of carbonyl (C=O) groups is 1. The zero-order valence-corrected chi connectivity index (χ0v) is 9.04. The molecule has 0 atom stereocenters. The molecule has 0 aliphatic heterocycles. The Morgan fingerprint density at radius 1 is 1.50 bits per heavy atom. The minimum absolute atomic E-state index is 0. The summed E-state index contributed by atoms with van der Waals surface area (Å²) in [7, 11) is 6.25. The van der Waals surface area contributed by atoms with Gasteiger partial charge in [-0.3, -0.25) is 0 Å². The van der Waals surface area contributed by atoms with Crippen LogP contribution in [0.5, 0.6) is 0 Å². The minimum Gasteiger partial charge on any atom is -1.00 e. The predicted molar refractivity (Wildman–Crippen MR) is 45.5 cm³/mol. The van der Waals surface area contributed by atoms with Crippen LogP contribution in [-0.4, -0.2) is 44.8 Å². The first-order valence-electron chi connectivity index (χ1n) is 3.30. The Balaban J connectivity index is -0.000000142. The summed E-state index contributed by atoms with van der Waals surface area (Å²) >= 11 is 5.12. The topological polar surface area (TPSA) is 53.8 Å². The molecule has 0 saturated carbocycles. The number of quaternary nitrogens is 1. The smallest absolute Gasteiger partial charge is 0.404 e. The van der Waals surface area contributed by atoms with Gasteiger partial charge in [-0.05, 0) is 0 Å². The molecular formula is C6H16Cl2N2O2. The number of nitrogens with one attached hydrogen (secondary N) is 2.